The van der Waals surface area contributed by atoms with Crippen molar-refractivity contribution >= 4 is 77.2 Å². The molecule has 0 atom stereocenters. The fraction of sp³-hybridized carbons (Fsp3) is 0.107. The zero-order valence-electron chi connectivity index (χ0n) is 34.9. The van der Waals surface area contributed by atoms with Gasteiger partial charge in [0.25, 0.3) is 0 Å². The topological polar surface area (TPSA) is 32.3 Å². The van der Waals surface area contributed by atoms with E-state index in [-0.39, 0.29) is 10.8 Å². The molecule has 1 aliphatic heterocycles. The van der Waals surface area contributed by atoms with Gasteiger partial charge in [-0.15, -0.1) is 22.7 Å². The molecular formula is C56H42N4S2. The number of anilines is 6. The van der Waals surface area contributed by atoms with Crippen LogP contribution in [0.25, 0.3) is 52.7 Å². The number of aromatic nitrogens is 2. The van der Waals surface area contributed by atoms with Crippen LogP contribution in [0.15, 0.2) is 182 Å². The van der Waals surface area contributed by atoms with E-state index in [1.807, 2.05) is 0 Å². The van der Waals surface area contributed by atoms with Crippen LogP contribution in [0.4, 0.5) is 34.1 Å². The molecular weight excluding hydrogens is 793 g/mol. The first-order chi connectivity index (χ1) is 30.2. The summed E-state index contributed by atoms with van der Waals surface area (Å²) in [7, 11) is 0. The van der Waals surface area contributed by atoms with E-state index < -0.39 is 0 Å². The molecule has 10 aromatic rings. The van der Waals surface area contributed by atoms with Crippen LogP contribution < -0.4 is 9.80 Å². The maximum Gasteiger partial charge on any atom is 0.124 e. The Morgan fingerprint density at radius 3 is 1.66 bits per heavy atom. The molecule has 3 heterocycles. The predicted molar refractivity (Wildman–Crippen MR) is 263 cm³/mol. The lowest BCUT2D eigenvalue weighted by atomic mass is 9.73. The van der Waals surface area contributed by atoms with Crippen molar-refractivity contribution in [1.82, 2.24) is 9.97 Å². The number of para-hydroxylation sites is 4. The van der Waals surface area contributed by atoms with Gasteiger partial charge >= 0.3 is 0 Å². The van der Waals surface area contributed by atoms with Crippen LogP contribution in [0.1, 0.15) is 49.9 Å². The summed E-state index contributed by atoms with van der Waals surface area (Å²) in [6, 6.07) is 66.4. The second kappa shape index (κ2) is 13.8. The Hall–Kier alpha value is -6.86. The number of hydrogen-bond acceptors (Lipinski definition) is 6. The number of nitrogens with zero attached hydrogens (tertiary/aromatic N) is 4. The Morgan fingerprint density at radius 1 is 0.419 bits per heavy atom. The van der Waals surface area contributed by atoms with Crippen molar-refractivity contribution in [2.45, 2.75) is 38.5 Å². The largest absolute Gasteiger partial charge is 0.310 e. The summed E-state index contributed by atoms with van der Waals surface area (Å²) in [5.74, 6) is 0. The van der Waals surface area contributed by atoms with E-state index >= 15 is 0 Å². The second-order valence-electron chi connectivity index (χ2n) is 17.5. The van der Waals surface area contributed by atoms with E-state index in [2.05, 4.69) is 219 Å². The second-order valence-corrected chi connectivity index (χ2v) is 19.5. The van der Waals surface area contributed by atoms with Crippen LogP contribution in [0.2, 0.25) is 0 Å². The van der Waals surface area contributed by atoms with Gasteiger partial charge in [0.1, 0.15) is 10.0 Å². The summed E-state index contributed by atoms with van der Waals surface area (Å²) in [6.07, 6.45) is 0. The van der Waals surface area contributed by atoms with Crippen molar-refractivity contribution in [3.8, 4) is 32.3 Å². The number of fused-ring (bicyclic) bond motifs is 7. The summed E-state index contributed by atoms with van der Waals surface area (Å²) in [5.41, 5.74) is 18.7. The highest BCUT2D eigenvalue weighted by molar-refractivity contribution is 7.22. The number of hydrogen-bond donors (Lipinski definition) is 0. The Labute approximate surface area is 370 Å². The standard InChI is InChI=1S/C56H42N4S2/c1-55(2)43-16-8-11-19-49(43)60(50-31-24-36(32-46(50)55)54-58-48-18-10-13-21-52(48)62-54)40-28-30-42-41-29-27-39(33-44(41)56(3,4)45(42)34-40)59(37-14-6-5-7-15-37)38-25-22-35(23-26-38)53-57-47-17-9-12-20-51(47)61-53/h5-34H,1-4H3. The highest BCUT2D eigenvalue weighted by atomic mass is 32.1. The minimum atomic E-state index is -0.246. The first-order valence-corrected chi connectivity index (χ1v) is 22.9. The van der Waals surface area contributed by atoms with Gasteiger partial charge in [0.15, 0.2) is 0 Å². The van der Waals surface area contributed by atoms with Crippen molar-refractivity contribution in [1.29, 1.82) is 0 Å². The minimum Gasteiger partial charge on any atom is -0.310 e. The average molecular weight is 835 g/mol. The van der Waals surface area contributed by atoms with Crippen molar-refractivity contribution in [3.63, 3.8) is 0 Å². The maximum absolute atomic E-state index is 5.05. The SMILES string of the molecule is CC1(C)c2cc(N(c3ccccc3)c3ccc(-c4nc5ccccc5s4)cc3)ccc2-c2ccc(N3c4ccccc4C(C)(C)c4cc(-c5nc6ccccc6s5)ccc43)cc21. The smallest absolute Gasteiger partial charge is 0.124 e. The molecule has 0 saturated carbocycles. The van der Waals surface area contributed by atoms with Crippen LogP contribution in [-0.2, 0) is 10.8 Å². The van der Waals surface area contributed by atoms with E-state index in [4.69, 9.17) is 9.97 Å². The maximum atomic E-state index is 5.05. The van der Waals surface area contributed by atoms with Gasteiger partial charge in [-0.3, -0.25) is 0 Å². The third-order valence-corrected chi connectivity index (χ3v) is 15.3. The van der Waals surface area contributed by atoms with Gasteiger partial charge in [-0.1, -0.05) is 100 Å². The van der Waals surface area contributed by atoms with Gasteiger partial charge in [0.05, 0.1) is 31.8 Å². The zero-order valence-corrected chi connectivity index (χ0v) is 36.6. The molecule has 0 radical (unpaired) electrons. The van der Waals surface area contributed by atoms with Crippen LogP contribution >= 0.6 is 22.7 Å². The average Bonchev–Trinajstić information content (AvgIpc) is 4.00. The zero-order chi connectivity index (χ0) is 41.7. The van der Waals surface area contributed by atoms with E-state index in [1.54, 1.807) is 22.7 Å². The predicted octanol–water partition coefficient (Wildman–Crippen LogP) is 16.1. The van der Waals surface area contributed by atoms with Crippen molar-refractivity contribution in [3.05, 3.63) is 204 Å². The molecule has 0 unspecified atom stereocenters. The number of benzene rings is 8. The molecule has 1 aliphatic carbocycles. The van der Waals surface area contributed by atoms with Gasteiger partial charge < -0.3 is 9.80 Å². The molecule has 0 spiro atoms. The Kier molecular flexibility index (Phi) is 8.24. The Morgan fingerprint density at radius 2 is 0.952 bits per heavy atom. The lowest BCUT2D eigenvalue weighted by molar-refractivity contribution is 0.631. The summed E-state index contributed by atoms with van der Waals surface area (Å²) in [4.78, 5) is 14.8. The van der Waals surface area contributed by atoms with Gasteiger partial charge in [0.2, 0.25) is 0 Å². The minimum absolute atomic E-state index is 0.210. The molecule has 0 fully saturated rings. The molecule has 298 valence electrons. The van der Waals surface area contributed by atoms with Gasteiger partial charge in [-0.25, -0.2) is 9.97 Å². The summed E-state index contributed by atoms with van der Waals surface area (Å²) >= 11 is 3.50. The van der Waals surface area contributed by atoms with Crippen molar-refractivity contribution in [2.75, 3.05) is 9.80 Å². The first kappa shape index (κ1) is 36.9. The first-order valence-electron chi connectivity index (χ1n) is 21.2. The lowest BCUT2D eigenvalue weighted by Crippen LogP contribution is -2.30. The number of rotatable bonds is 6. The Balaban J connectivity index is 0.931. The molecule has 62 heavy (non-hydrogen) atoms. The van der Waals surface area contributed by atoms with E-state index in [1.165, 1.54) is 59.8 Å². The monoisotopic (exact) mass is 834 g/mol. The van der Waals surface area contributed by atoms with E-state index in [9.17, 15) is 0 Å². The normalized spacial score (nSPS) is 14.4. The van der Waals surface area contributed by atoms with Crippen molar-refractivity contribution < 1.29 is 0 Å². The highest BCUT2D eigenvalue weighted by Crippen LogP contribution is 2.56. The van der Waals surface area contributed by atoms with Gasteiger partial charge in [0, 0.05) is 44.7 Å². The summed E-state index contributed by atoms with van der Waals surface area (Å²) in [6.45, 7) is 9.49. The van der Waals surface area contributed by atoms with Crippen molar-refractivity contribution in [2.24, 2.45) is 0 Å². The van der Waals surface area contributed by atoms with E-state index in [0.717, 1.165) is 49.2 Å². The third-order valence-electron chi connectivity index (χ3n) is 13.1. The molecule has 0 bridgehead atoms. The molecule has 0 saturated heterocycles. The fourth-order valence-electron chi connectivity index (χ4n) is 9.88. The molecule has 0 amide bonds. The Bertz CT molecular complexity index is 3310. The molecule has 4 nitrogen and oxygen atoms in total. The van der Waals surface area contributed by atoms with Crippen LogP contribution in [0, 0.1) is 0 Å². The molecule has 6 heteroatoms. The molecule has 2 aromatic heterocycles. The quantitative estimate of drug-likeness (QED) is 0.167. The highest BCUT2D eigenvalue weighted by Gasteiger charge is 2.40. The molecule has 0 N–H and O–H groups in total. The molecule has 8 aromatic carbocycles. The molecule has 12 rings (SSSR count). The van der Waals surface area contributed by atoms with Gasteiger partial charge in [-0.2, -0.15) is 0 Å². The fourth-order valence-corrected chi connectivity index (χ4v) is 11.8. The van der Waals surface area contributed by atoms with Crippen LogP contribution in [-0.4, -0.2) is 9.97 Å². The molecule has 2 aliphatic rings. The number of thiazole rings is 2. The van der Waals surface area contributed by atoms with Crippen LogP contribution in [0.3, 0.4) is 0 Å². The van der Waals surface area contributed by atoms with Gasteiger partial charge in [-0.05, 0) is 143 Å². The van der Waals surface area contributed by atoms with E-state index in [0.29, 0.717) is 0 Å². The lowest BCUT2D eigenvalue weighted by Gasteiger charge is -2.42. The summed E-state index contributed by atoms with van der Waals surface area (Å²) in [5, 5.41) is 2.09. The summed E-state index contributed by atoms with van der Waals surface area (Å²) < 4.78 is 2.42. The van der Waals surface area contributed by atoms with Crippen LogP contribution in [0.5, 0.6) is 0 Å². The third kappa shape index (κ3) is 5.70.